The van der Waals surface area contributed by atoms with Crippen molar-refractivity contribution in [2.75, 3.05) is 0 Å². The quantitative estimate of drug-likeness (QED) is 0.291. The van der Waals surface area contributed by atoms with Crippen LogP contribution in [-0.4, -0.2) is 7.63 Å². The molecule has 0 bridgehead atoms. The van der Waals surface area contributed by atoms with E-state index in [0.29, 0.717) is 0 Å². The molecule has 0 N–H and O–H groups in total. The zero-order chi connectivity index (χ0) is 18.2. The predicted molar refractivity (Wildman–Crippen MR) is 123 cm³/mol. The zero-order valence-corrected chi connectivity index (χ0v) is 21.1. The molecule has 0 radical (unpaired) electrons. The Labute approximate surface area is 189 Å². The van der Waals surface area contributed by atoms with Gasteiger partial charge in [0.1, 0.15) is 0 Å². The number of halogens is 2. The summed E-state index contributed by atoms with van der Waals surface area (Å²) in [5, 5.41) is 0. The fourth-order valence-corrected chi connectivity index (χ4v) is 3.33. The maximum absolute atomic E-state index is 3.25. The molecule has 0 aliphatic heterocycles. The molecule has 26 heavy (non-hydrogen) atoms. The fraction of sp³-hybridized carbons (Fsp3) is 0.455. The van der Waals surface area contributed by atoms with E-state index in [1.807, 2.05) is 26.8 Å². The summed E-state index contributed by atoms with van der Waals surface area (Å²) in [6.45, 7) is 10.0. The summed E-state index contributed by atoms with van der Waals surface area (Å²) in [5.41, 5.74) is 3.16. The molecule has 2 saturated carbocycles. The molecule has 4 heteroatoms. The molecule has 0 aromatic carbocycles. The SMILES string of the molecule is C1=CCC2CC[CH-]C2=C1.C1=CCC2CC[CH-]C2=C1.Cl.Cl.[CH2-]C.[CH2-]C.[SiH2]=[Ti]. The molecule has 0 aromatic heterocycles. The van der Waals surface area contributed by atoms with Crippen LogP contribution in [0.15, 0.2) is 47.6 Å². The van der Waals surface area contributed by atoms with Crippen LogP contribution >= 0.6 is 24.8 Å². The Hall–Kier alpha value is 0.211. The second kappa shape index (κ2) is 21.5. The van der Waals surface area contributed by atoms with Gasteiger partial charge in [0.25, 0.3) is 0 Å². The Morgan fingerprint density at radius 1 is 0.808 bits per heavy atom. The van der Waals surface area contributed by atoms with Crippen molar-refractivity contribution in [3.63, 3.8) is 0 Å². The summed E-state index contributed by atoms with van der Waals surface area (Å²) in [7, 11) is 1.86. The van der Waals surface area contributed by atoms with E-state index in [-0.39, 0.29) is 24.8 Å². The third kappa shape index (κ3) is 11.1. The van der Waals surface area contributed by atoms with E-state index >= 15 is 0 Å². The molecule has 0 amide bonds. The van der Waals surface area contributed by atoms with Gasteiger partial charge in [0.2, 0.25) is 0 Å². The van der Waals surface area contributed by atoms with Crippen LogP contribution in [0, 0.1) is 38.5 Å². The molecule has 0 saturated heterocycles. The van der Waals surface area contributed by atoms with Crippen molar-refractivity contribution in [3.8, 4) is 0 Å². The molecule has 4 rings (SSSR count). The molecule has 0 heterocycles. The summed E-state index contributed by atoms with van der Waals surface area (Å²) < 4.78 is 0. The van der Waals surface area contributed by atoms with E-state index in [4.69, 9.17) is 0 Å². The first-order chi connectivity index (χ1) is 11.9. The van der Waals surface area contributed by atoms with Crippen molar-refractivity contribution >= 4 is 32.4 Å². The summed E-state index contributed by atoms with van der Waals surface area (Å²) >= 11 is 2.03. The van der Waals surface area contributed by atoms with Gasteiger partial charge in [-0.25, -0.2) is 36.1 Å². The predicted octanol–water partition coefficient (Wildman–Crippen LogP) is 6.58. The average Bonchev–Trinajstić information content (AvgIpc) is 3.36. The van der Waals surface area contributed by atoms with Gasteiger partial charge in [0.15, 0.2) is 0 Å². The maximum atomic E-state index is 3.25. The normalized spacial score (nSPS) is 22.1. The Morgan fingerprint density at radius 2 is 1.15 bits per heavy atom. The summed E-state index contributed by atoms with van der Waals surface area (Å²) in [4.78, 5) is 0. The molecule has 4 aliphatic rings. The molecule has 0 spiro atoms. The van der Waals surface area contributed by atoms with Crippen molar-refractivity contribution in [3.05, 3.63) is 74.3 Å². The van der Waals surface area contributed by atoms with E-state index in [9.17, 15) is 0 Å². The Kier molecular flexibility index (Phi) is 25.6. The third-order valence-electron chi connectivity index (χ3n) is 4.42. The molecule has 0 nitrogen and oxygen atoms in total. The second-order valence-electron chi connectivity index (χ2n) is 5.62. The van der Waals surface area contributed by atoms with Crippen LogP contribution in [0.3, 0.4) is 0 Å². The van der Waals surface area contributed by atoms with Gasteiger partial charge in [-0.15, -0.1) is 62.0 Å². The molecule has 150 valence electrons. The first-order valence-electron chi connectivity index (χ1n) is 9.10. The van der Waals surface area contributed by atoms with Gasteiger partial charge in [-0.1, -0.05) is 12.8 Å². The molecule has 0 aromatic rings. The van der Waals surface area contributed by atoms with E-state index in [0.717, 1.165) is 11.8 Å². The second-order valence-corrected chi connectivity index (χ2v) is 5.62. The van der Waals surface area contributed by atoms with Crippen LogP contribution in [0.4, 0.5) is 0 Å². The van der Waals surface area contributed by atoms with Gasteiger partial charge in [0, 0.05) is 0 Å². The number of hydrogen-bond donors (Lipinski definition) is 0. The number of rotatable bonds is 0. The Morgan fingerprint density at radius 3 is 1.46 bits per heavy atom. The van der Waals surface area contributed by atoms with Crippen LogP contribution in [0.1, 0.15) is 52.4 Å². The molecule has 4 aliphatic carbocycles. The van der Waals surface area contributed by atoms with Gasteiger partial charge in [0.05, 0.1) is 0 Å². The molecule has 2 unspecified atom stereocenters. The zero-order valence-electron chi connectivity index (χ0n) is 16.5. The number of hydrogen-bond acceptors (Lipinski definition) is 0. The fourth-order valence-electron chi connectivity index (χ4n) is 3.33. The minimum absolute atomic E-state index is 0. The van der Waals surface area contributed by atoms with Gasteiger partial charge in [-0.2, -0.15) is 13.8 Å². The molecule has 2 atom stereocenters. The Balaban J connectivity index is -0.000000299. The van der Waals surface area contributed by atoms with Gasteiger partial charge >= 0.3 is 26.8 Å². The number of fused-ring (bicyclic) bond motifs is 2. The van der Waals surface area contributed by atoms with Crippen molar-refractivity contribution in [2.45, 2.75) is 52.4 Å². The van der Waals surface area contributed by atoms with E-state index in [2.05, 4.69) is 63.1 Å². The van der Waals surface area contributed by atoms with Crippen molar-refractivity contribution in [1.82, 2.24) is 0 Å². The third-order valence-corrected chi connectivity index (χ3v) is 4.42. The van der Waals surface area contributed by atoms with Crippen molar-refractivity contribution < 1.29 is 19.2 Å². The first-order valence-corrected chi connectivity index (χ1v) is 13.1. The van der Waals surface area contributed by atoms with E-state index < -0.39 is 0 Å². The first kappa shape index (κ1) is 30.9. The van der Waals surface area contributed by atoms with Crippen LogP contribution in [0.5, 0.6) is 0 Å². The topological polar surface area (TPSA) is 0 Å². The molecular formula is C22H36Cl2SiTi-4. The van der Waals surface area contributed by atoms with Crippen molar-refractivity contribution in [1.29, 1.82) is 0 Å². The Bertz CT molecular complexity index is 401. The van der Waals surface area contributed by atoms with Crippen molar-refractivity contribution in [2.24, 2.45) is 11.8 Å². The van der Waals surface area contributed by atoms with Crippen LogP contribution in [-0.2, 0) is 19.2 Å². The summed E-state index contributed by atoms with van der Waals surface area (Å²) in [5.74, 6) is 1.77. The summed E-state index contributed by atoms with van der Waals surface area (Å²) in [6, 6.07) is 0. The van der Waals surface area contributed by atoms with Crippen LogP contribution in [0.25, 0.3) is 0 Å². The number of allylic oxidation sites excluding steroid dienone is 8. The van der Waals surface area contributed by atoms with Crippen LogP contribution < -0.4 is 0 Å². The monoisotopic (exact) mass is 446 g/mol. The van der Waals surface area contributed by atoms with Gasteiger partial charge in [-0.3, -0.25) is 0 Å². The van der Waals surface area contributed by atoms with E-state index in [1.54, 1.807) is 25.0 Å². The van der Waals surface area contributed by atoms with Gasteiger partial charge in [-0.05, 0) is 24.7 Å². The van der Waals surface area contributed by atoms with Crippen LogP contribution in [0.2, 0.25) is 0 Å². The molecular weight excluding hydrogens is 411 g/mol. The van der Waals surface area contributed by atoms with E-state index in [1.165, 1.54) is 38.5 Å². The summed E-state index contributed by atoms with van der Waals surface area (Å²) in [6.07, 6.45) is 26.1. The standard InChI is InChI=1S/2C9H11.2C2H5.2ClH.H2Si.Ti/c2*1-2-5-9-7-3-6-8(9)4-1;2*1-2;;;;/h2*1-2,4,6,9H,3,5,7H2;2*1H2,2H3;2*1H;1H2;/q4*-1;;;;. The van der Waals surface area contributed by atoms with Gasteiger partial charge < -0.3 is 13.8 Å². The minimum atomic E-state index is 0. The molecule has 2 fully saturated rings. The average molecular weight is 447 g/mol.